The predicted molar refractivity (Wildman–Crippen MR) is 103 cm³/mol. The van der Waals surface area contributed by atoms with Crippen LogP contribution < -0.4 is 14.9 Å². The van der Waals surface area contributed by atoms with Crippen LogP contribution in [0.2, 0.25) is 5.02 Å². The van der Waals surface area contributed by atoms with E-state index in [9.17, 15) is 4.79 Å². The number of carbonyl (C=O) groups excluding carboxylic acids is 1. The van der Waals surface area contributed by atoms with Crippen LogP contribution in [0.4, 0.5) is 0 Å². The number of rotatable bonds is 7. The maximum absolute atomic E-state index is 12.0. The molecule has 1 N–H and O–H groups in total. The molecule has 1 heterocycles. The quantitative estimate of drug-likeness (QED) is 0.482. The first-order valence-corrected chi connectivity index (χ1v) is 8.62. The summed E-state index contributed by atoms with van der Waals surface area (Å²) in [5.41, 5.74) is 4.86. The second-order valence-corrected chi connectivity index (χ2v) is 6.14. The molecule has 3 aromatic rings. The van der Waals surface area contributed by atoms with E-state index in [0.29, 0.717) is 33.5 Å². The molecule has 0 atom stereocenters. The highest BCUT2D eigenvalue weighted by Crippen LogP contribution is 2.28. The SMILES string of the molecule is COc1cc(/C=N/NC(=O)c2cccc(Cl)c2)ccc1OCc1nonc1C. The zero-order valence-electron chi connectivity index (χ0n) is 15.2. The van der Waals surface area contributed by atoms with Crippen LogP contribution >= 0.6 is 11.6 Å². The molecule has 0 saturated carbocycles. The van der Waals surface area contributed by atoms with Gasteiger partial charge in [0.2, 0.25) is 0 Å². The lowest BCUT2D eigenvalue weighted by Crippen LogP contribution is -2.17. The molecule has 0 aliphatic rings. The Kier molecular flexibility index (Phi) is 6.23. The van der Waals surface area contributed by atoms with Gasteiger partial charge in [0.15, 0.2) is 11.5 Å². The number of carbonyl (C=O) groups is 1. The van der Waals surface area contributed by atoms with E-state index in [2.05, 4.69) is 25.5 Å². The minimum atomic E-state index is -0.359. The zero-order valence-corrected chi connectivity index (χ0v) is 15.9. The monoisotopic (exact) mass is 400 g/mol. The van der Waals surface area contributed by atoms with Gasteiger partial charge in [-0.15, -0.1) is 0 Å². The molecule has 3 rings (SSSR count). The Labute approximate surface area is 166 Å². The van der Waals surface area contributed by atoms with E-state index >= 15 is 0 Å². The summed E-state index contributed by atoms with van der Waals surface area (Å²) in [7, 11) is 1.53. The second kappa shape index (κ2) is 9.01. The molecular weight excluding hydrogens is 384 g/mol. The van der Waals surface area contributed by atoms with E-state index in [0.717, 1.165) is 5.56 Å². The fraction of sp³-hybridized carbons (Fsp3) is 0.158. The maximum Gasteiger partial charge on any atom is 0.271 e. The van der Waals surface area contributed by atoms with E-state index in [-0.39, 0.29) is 12.5 Å². The van der Waals surface area contributed by atoms with Gasteiger partial charge in [0.25, 0.3) is 5.91 Å². The van der Waals surface area contributed by atoms with Crippen molar-refractivity contribution < 1.29 is 18.9 Å². The van der Waals surface area contributed by atoms with Gasteiger partial charge in [0.05, 0.1) is 13.3 Å². The number of hydrazone groups is 1. The lowest BCUT2D eigenvalue weighted by molar-refractivity contribution is 0.0955. The summed E-state index contributed by atoms with van der Waals surface area (Å²) >= 11 is 5.88. The van der Waals surface area contributed by atoms with Crippen LogP contribution in [0.1, 0.15) is 27.3 Å². The largest absolute Gasteiger partial charge is 0.493 e. The molecule has 0 aliphatic carbocycles. The van der Waals surface area contributed by atoms with Gasteiger partial charge in [-0.2, -0.15) is 5.10 Å². The first-order chi connectivity index (χ1) is 13.6. The number of hydrogen-bond donors (Lipinski definition) is 1. The molecule has 0 saturated heterocycles. The lowest BCUT2D eigenvalue weighted by atomic mass is 10.2. The average Bonchev–Trinajstić information content (AvgIpc) is 3.11. The van der Waals surface area contributed by atoms with Crippen molar-refractivity contribution in [3.63, 3.8) is 0 Å². The molecule has 1 aromatic heterocycles. The van der Waals surface area contributed by atoms with Crippen molar-refractivity contribution in [1.82, 2.24) is 15.7 Å². The van der Waals surface area contributed by atoms with Crippen LogP contribution in [-0.4, -0.2) is 29.5 Å². The Balaban J connectivity index is 1.63. The first kappa shape index (κ1) is 19.4. The Morgan fingerprint density at radius 1 is 1.25 bits per heavy atom. The number of amides is 1. The Bertz CT molecular complexity index is 1000. The van der Waals surface area contributed by atoms with Gasteiger partial charge in [-0.05, 0) is 48.9 Å². The van der Waals surface area contributed by atoms with Gasteiger partial charge in [-0.3, -0.25) is 4.79 Å². The number of ether oxygens (including phenoxy) is 2. The molecule has 0 unspecified atom stereocenters. The number of methoxy groups -OCH3 is 1. The second-order valence-electron chi connectivity index (χ2n) is 5.70. The topological polar surface area (TPSA) is 98.8 Å². The molecule has 8 nitrogen and oxygen atoms in total. The number of aryl methyl sites for hydroxylation is 1. The average molecular weight is 401 g/mol. The van der Waals surface area contributed by atoms with E-state index < -0.39 is 0 Å². The third kappa shape index (κ3) is 4.86. The van der Waals surface area contributed by atoms with Gasteiger partial charge in [-0.1, -0.05) is 28.0 Å². The van der Waals surface area contributed by atoms with E-state index in [4.69, 9.17) is 21.1 Å². The van der Waals surface area contributed by atoms with Crippen LogP contribution in [0, 0.1) is 6.92 Å². The van der Waals surface area contributed by atoms with Crippen LogP contribution in [0.5, 0.6) is 11.5 Å². The summed E-state index contributed by atoms with van der Waals surface area (Å²) in [5.74, 6) is 0.687. The summed E-state index contributed by atoms with van der Waals surface area (Å²) in [5, 5.41) is 11.9. The minimum absolute atomic E-state index is 0.203. The van der Waals surface area contributed by atoms with E-state index in [1.54, 1.807) is 49.4 Å². The molecule has 1 amide bonds. The fourth-order valence-electron chi connectivity index (χ4n) is 2.27. The van der Waals surface area contributed by atoms with Crippen molar-refractivity contribution >= 4 is 23.7 Å². The Morgan fingerprint density at radius 2 is 2.11 bits per heavy atom. The molecule has 0 fully saturated rings. The molecule has 0 aliphatic heterocycles. The number of nitrogens with one attached hydrogen (secondary N) is 1. The minimum Gasteiger partial charge on any atom is -0.493 e. The lowest BCUT2D eigenvalue weighted by Gasteiger charge is -2.10. The number of benzene rings is 2. The highest BCUT2D eigenvalue weighted by atomic mass is 35.5. The summed E-state index contributed by atoms with van der Waals surface area (Å²) in [4.78, 5) is 12.0. The van der Waals surface area contributed by atoms with Crippen LogP contribution in [0.15, 0.2) is 52.2 Å². The van der Waals surface area contributed by atoms with Crippen molar-refractivity contribution in [2.75, 3.05) is 7.11 Å². The third-order valence-electron chi connectivity index (χ3n) is 3.77. The highest BCUT2D eigenvalue weighted by molar-refractivity contribution is 6.30. The van der Waals surface area contributed by atoms with Gasteiger partial charge >= 0.3 is 0 Å². The van der Waals surface area contributed by atoms with Crippen molar-refractivity contribution in [2.45, 2.75) is 13.5 Å². The van der Waals surface area contributed by atoms with Gasteiger partial charge in [-0.25, -0.2) is 10.1 Å². The molecule has 9 heteroatoms. The molecule has 0 bridgehead atoms. The predicted octanol–water partition coefficient (Wildman–Crippen LogP) is 3.38. The Morgan fingerprint density at radius 3 is 2.82 bits per heavy atom. The van der Waals surface area contributed by atoms with Crippen molar-refractivity contribution in [1.29, 1.82) is 0 Å². The van der Waals surface area contributed by atoms with Gasteiger partial charge in [0.1, 0.15) is 18.0 Å². The fourth-order valence-corrected chi connectivity index (χ4v) is 2.46. The first-order valence-electron chi connectivity index (χ1n) is 8.24. The van der Waals surface area contributed by atoms with Crippen LogP contribution in [0.25, 0.3) is 0 Å². The molecule has 0 radical (unpaired) electrons. The number of nitrogens with zero attached hydrogens (tertiary/aromatic N) is 3. The van der Waals surface area contributed by atoms with E-state index in [1.807, 2.05) is 0 Å². The van der Waals surface area contributed by atoms with Crippen molar-refractivity contribution in [3.8, 4) is 11.5 Å². The number of halogens is 1. The maximum atomic E-state index is 12.0. The molecule has 0 spiro atoms. The van der Waals surface area contributed by atoms with Crippen molar-refractivity contribution in [3.05, 3.63) is 70.0 Å². The normalized spacial score (nSPS) is 10.8. The van der Waals surface area contributed by atoms with Crippen LogP contribution in [0.3, 0.4) is 0 Å². The highest BCUT2D eigenvalue weighted by Gasteiger charge is 2.10. The number of aromatic nitrogens is 2. The van der Waals surface area contributed by atoms with Crippen LogP contribution in [-0.2, 0) is 6.61 Å². The van der Waals surface area contributed by atoms with Crippen molar-refractivity contribution in [2.24, 2.45) is 5.10 Å². The smallest absolute Gasteiger partial charge is 0.271 e. The zero-order chi connectivity index (χ0) is 19.9. The molecule has 144 valence electrons. The number of hydrogen-bond acceptors (Lipinski definition) is 7. The van der Waals surface area contributed by atoms with E-state index in [1.165, 1.54) is 13.3 Å². The Hall–Kier alpha value is -3.39. The standard InChI is InChI=1S/C19H17ClN4O4/c1-12-16(24-28-23-12)11-27-17-7-6-13(8-18(17)26-2)10-21-22-19(25)14-4-3-5-15(20)9-14/h3-10H,11H2,1-2H3,(H,22,25)/b21-10+. The molecule has 2 aromatic carbocycles. The third-order valence-corrected chi connectivity index (χ3v) is 4.00. The summed E-state index contributed by atoms with van der Waals surface area (Å²) < 4.78 is 15.7. The van der Waals surface area contributed by atoms with Gasteiger partial charge in [0, 0.05) is 10.6 Å². The molecular formula is C19H17ClN4O4. The van der Waals surface area contributed by atoms with Gasteiger partial charge < -0.3 is 9.47 Å². The summed E-state index contributed by atoms with van der Waals surface area (Å²) in [6.45, 7) is 1.98. The molecule has 28 heavy (non-hydrogen) atoms. The summed E-state index contributed by atoms with van der Waals surface area (Å²) in [6, 6.07) is 11.9. The summed E-state index contributed by atoms with van der Waals surface area (Å²) in [6.07, 6.45) is 1.50.